The molecule has 0 aromatic carbocycles. The monoisotopic (exact) mass is 253 g/mol. The van der Waals surface area contributed by atoms with Crippen molar-refractivity contribution in [2.45, 2.75) is 45.6 Å². The molecule has 1 amide bonds. The number of likely N-dealkylation sites (tertiary alicyclic amines) is 1. The summed E-state index contributed by atoms with van der Waals surface area (Å²) < 4.78 is 0. The minimum atomic E-state index is 0.244. The molecule has 2 atom stereocenters. The molecule has 0 aromatic rings. The summed E-state index contributed by atoms with van der Waals surface area (Å²) in [5, 5.41) is 3.14. The van der Waals surface area contributed by atoms with E-state index >= 15 is 0 Å². The lowest BCUT2D eigenvalue weighted by Crippen LogP contribution is -2.54. The van der Waals surface area contributed by atoms with Gasteiger partial charge in [0.05, 0.1) is 0 Å². The molecule has 0 aromatic heterocycles. The van der Waals surface area contributed by atoms with Crippen molar-refractivity contribution in [3.8, 4) is 0 Å². The van der Waals surface area contributed by atoms with Crippen LogP contribution >= 0.6 is 0 Å². The summed E-state index contributed by atoms with van der Waals surface area (Å²) in [6.07, 6.45) is 4.04. The van der Waals surface area contributed by atoms with E-state index in [0.717, 1.165) is 45.4 Å². The molecule has 18 heavy (non-hydrogen) atoms. The van der Waals surface area contributed by atoms with Crippen molar-refractivity contribution in [2.24, 2.45) is 17.1 Å². The van der Waals surface area contributed by atoms with Crippen molar-refractivity contribution in [1.29, 1.82) is 0 Å². The van der Waals surface area contributed by atoms with Crippen LogP contribution in [0.5, 0.6) is 0 Å². The molecule has 2 rings (SSSR count). The molecule has 2 heterocycles. The maximum atomic E-state index is 11.4. The first-order chi connectivity index (χ1) is 8.50. The van der Waals surface area contributed by atoms with Gasteiger partial charge in [-0.1, -0.05) is 13.8 Å². The van der Waals surface area contributed by atoms with Gasteiger partial charge in [-0.05, 0) is 43.7 Å². The first-order valence-electron chi connectivity index (χ1n) is 7.22. The largest absolute Gasteiger partial charge is 0.353 e. The van der Waals surface area contributed by atoms with Gasteiger partial charge in [-0.2, -0.15) is 0 Å². The second kappa shape index (κ2) is 5.57. The van der Waals surface area contributed by atoms with Gasteiger partial charge in [-0.25, -0.2) is 0 Å². The van der Waals surface area contributed by atoms with Crippen LogP contribution in [-0.2, 0) is 4.79 Å². The zero-order valence-corrected chi connectivity index (χ0v) is 11.7. The van der Waals surface area contributed by atoms with E-state index in [4.69, 9.17) is 5.73 Å². The van der Waals surface area contributed by atoms with Gasteiger partial charge in [0.1, 0.15) is 0 Å². The Morgan fingerprint density at radius 1 is 1.44 bits per heavy atom. The Morgan fingerprint density at radius 3 is 2.94 bits per heavy atom. The van der Waals surface area contributed by atoms with Crippen LogP contribution in [0.2, 0.25) is 0 Å². The number of nitrogens with zero attached hydrogens (tertiary/aromatic N) is 1. The minimum Gasteiger partial charge on any atom is -0.353 e. The fourth-order valence-corrected chi connectivity index (χ4v) is 2.95. The van der Waals surface area contributed by atoms with E-state index in [2.05, 4.69) is 24.1 Å². The number of amides is 1. The molecule has 4 nitrogen and oxygen atoms in total. The standard InChI is InChI=1S/C14H27N3O/c1-14(2,10-15)6-8-17-7-5-12-11(9-17)3-4-13(18)16-12/h11-12H,3-10,15H2,1-2H3,(H,16,18). The molecule has 0 spiro atoms. The van der Waals surface area contributed by atoms with E-state index in [1.165, 1.54) is 0 Å². The van der Waals surface area contributed by atoms with Gasteiger partial charge >= 0.3 is 0 Å². The predicted octanol–water partition coefficient (Wildman–Crippen LogP) is 0.962. The summed E-state index contributed by atoms with van der Waals surface area (Å²) >= 11 is 0. The van der Waals surface area contributed by atoms with E-state index in [9.17, 15) is 4.79 Å². The normalized spacial score (nSPS) is 29.8. The summed E-state index contributed by atoms with van der Waals surface area (Å²) in [4.78, 5) is 13.9. The molecule has 2 unspecified atom stereocenters. The molecule has 2 aliphatic rings. The van der Waals surface area contributed by atoms with Crippen molar-refractivity contribution >= 4 is 5.91 Å². The Balaban J connectivity index is 1.79. The van der Waals surface area contributed by atoms with Gasteiger partial charge in [0.15, 0.2) is 0 Å². The number of nitrogens with one attached hydrogen (secondary N) is 1. The second-order valence-corrected chi connectivity index (χ2v) is 6.68. The highest BCUT2D eigenvalue weighted by Crippen LogP contribution is 2.26. The highest BCUT2D eigenvalue weighted by atomic mass is 16.1. The number of carbonyl (C=O) groups excluding carboxylic acids is 1. The minimum absolute atomic E-state index is 0.244. The zero-order valence-electron chi connectivity index (χ0n) is 11.7. The molecule has 0 aliphatic carbocycles. The third kappa shape index (κ3) is 3.45. The molecule has 0 radical (unpaired) electrons. The third-order valence-electron chi connectivity index (χ3n) is 4.56. The molecule has 2 fully saturated rings. The predicted molar refractivity (Wildman–Crippen MR) is 73.2 cm³/mol. The van der Waals surface area contributed by atoms with E-state index in [0.29, 0.717) is 18.4 Å². The lowest BCUT2D eigenvalue weighted by molar-refractivity contribution is -0.125. The maximum Gasteiger partial charge on any atom is 0.220 e. The third-order valence-corrected chi connectivity index (χ3v) is 4.56. The summed E-state index contributed by atoms with van der Waals surface area (Å²) in [5.41, 5.74) is 6.03. The van der Waals surface area contributed by atoms with E-state index in [1.54, 1.807) is 0 Å². The van der Waals surface area contributed by atoms with Crippen molar-refractivity contribution in [2.75, 3.05) is 26.2 Å². The maximum absolute atomic E-state index is 11.4. The van der Waals surface area contributed by atoms with Gasteiger partial charge in [0.2, 0.25) is 5.91 Å². The van der Waals surface area contributed by atoms with Gasteiger partial charge in [0.25, 0.3) is 0 Å². The van der Waals surface area contributed by atoms with Gasteiger partial charge in [-0.15, -0.1) is 0 Å². The summed E-state index contributed by atoms with van der Waals surface area (Å²) in [6, 6.07) is 0.435. The quantitative estimate of drug-likeness (QED) is 0.784. The molecular formula is C14H27N3O. The van der Waals surface area contributed by atoms with Crippen LogP contribution in [0.3, 0.4) is 0 Å². The number of rotatable bonds is 4. The fourth-order valence-electron chi connectivity index (χ4n) is 2.95. The van der Waals surface area contributed by atoms with Crippen molar-refractivity contribution in [3.63, 3.8) is 0 Å². The van der Waals surface area contributed by atoms with E-state index in [1.807, 2.05) is 0 Å². The SMILES string of the molecule is CC(C)(CN)CCN1CCC2NC(=O)CCC2C1. The fraction of sp³-hybridized carbons (Fsp3) is 0.929. The van der Waals surface area contributed by atoms with Crippen LogP contribution in [0.1, 0.15) is 39.5 Å². The summed E-state index contributed by atoms with van der Waals surface area (Å²) in [7, 11) is 0. The molecule has 3 N–H and O–H groups in total. The zero-order chi connectivity index (χ0) is 13.2. The van der Waals surface area contributed by atoms with Crippen LogP contribution in [0.25, 0.3) is 0 Å². The number of carbonyl (C=O) groups is 1. The molecule has 0 bridgehead atoms. The van der Waals surface area contributed by atoms with Crippen LogP contribution in [0, 0.1) is 11.3 Å². The van der Waals surface area contributed by atoms with Gasteiger partial charge < -0.3 is 16.0 Å². The number of hydrogen-bond acceptors (Lipinski definition) is 3. The van der Waals surface area contributed by atoms with Crippen LogP contribution in [0.4, 0.5) is 0 Å². The lowest BCUT2D eigenvalue weighted by atomic mass is 9.84. The average Bonchev–Trinajstić information content (AvgIpc) is 2.36. The molecule has 0 saturated carbocycles. The summed E-state index contributed by atoms with van der Waals surface area (Å²) in [5.74, 6) is 0.909. The molecule has 2 saturated heterocycles. The topological polar surface area (TPSA) is 58.4 Å². The number of piperidine rings is 2. The van der Waals surface area contributed by atoms with Crippen LogP contribution in [0.15, 0.2) is 0 Å². The van der Waals surface area contributed by atoms with Gasteiger partial charge in [-0.3, -0.25) is 4.79 Å². The van der Waals surface area contributed by atoms with Crippen LogP contribution in [-0.4, -0.2) is 43.0 Å². The van der Waals surface area contributed by atoms with Gasteiger partial charge in [0, 0.05) is 25.6 Å². The number of nitrogens with two attached hydrogens (primary N) is 1. The summed E-state index contributed by atoms with van der Waals surface area (Å²) in [6.45, 7) is 8.62. The second-order valence-electron chi connectivity index (χ2n) is 6.68. The molecule has 104 valence electrons. The molecule has 4 heteroatoms. The Morgan fingerprint density at radius 2 is 2.22 bits per heavy atom. The Hall–Kier alpha value is -0.610. The first-order valence-corrected chi connectivity index (χ1v) is 7.22. The lowest BCUT2D eigenvalue weighted by Gasteiger charge is -2.42. The highest BCUT2D eigenvalue weighted by Gasteiger charge is 2.33. The van der Waals surface area contributed by atoms with E-state index < -0.39 is 0 Å². The Bertz CT molecular complexity index is 303. The average molecular weight is 253 g/mol. The number of fused-ring (bicyclic) bond motifs is 1. The van der Waals surface area contributed by atoms with Crippen molar-refractivity contribution < 1.29 is 4.79 Å². The number of hydrogen-bond donors (Lipinski definition) is 2. The Kier molecular flexibility index (Phi) is 4.28. The molecular weight excluding hydrogens is 226 g/mol. The smallest absolute Gasteiger partial charge is 0.220 e. The molecule has 2 aliphatic heterocycles. The Labute approximate surface area is 110 Å². The first kappa shape index (κ1) is 13.8. The van der Waals surface area contributed by atoms with Crippen molar-refractivity contribution in [1.82, 2.24) is 10.2 Å². The van der Waals surface area contributed by atoms with Crippen LogP contribution < -0.4 is 11.1 Å². The highest BCUT2D eigenvalue weighted by molar-refractivity contribution is 5.77. The van der Waals surface area contributed by atoms with Crippen molar-refractivity contribution in [3.05, 3.63) is 0 Å². The van der Waals surface area contributed by atoms with E-state index in [-0.39, 0.29) is 11.3 Å².